The lowest BCUT2D eigenvalue weighted by atomic mass is 9.96. The number of aryl methyl sites for hydroxylation is 5. The Kier molecular flexibility index (Phi) is 26.9. The fourth-order valence-electron chi connectivity index (χ4n) is 13.1. The van der Waals surface area contributed by atoms with Crippen molar-refractivity contribution in [3.05, 3.63) is 278 Å². The predicted octanol–water partition coefficient (Wildman–Crippen LogP) is 18.7. The van der Waals surface area contributed by atoms with Crippen LogP contribution in [-0.2, 0) is 29.7 Å². The number of aromatic nitrogens is 22. The summed E-state index contributed by atoms with van der Waals surface area (Å²) in [6.07, 6.45) is 17.8. The Balaban J connectivity index is 0.000000127. The average molecular weight is 1820 g/mol. The maximum Gasteiger partial charge on any atom is 0.262 e. The van der Waals surface area contributed by atoms with Crippen LogP contribution in [0.2, 0.25) is 0 Å². The number of halogens is 2. The van der Waals surface area contributed by atoms with Crippen LogP contribution in [0.15, 0.2) is 232 Å². The summed E-state index contributed by atoms with van der Waals surface area (Å²) in [6.45, 7) is 16.5. The van der Waals surface area contributed by atoms with E-state index in [9.17, 15) is 23.2 Å². The number of ether oxygens (including phenoxy) is 3. The summed E-state index contributed by atoms with van der Waals surface area (Å²) < 4.78 is 50.6. The van der Waals surface area contributed by atoms with Gasteiger partial charge in [0.1, 0.15) is 101 Å². The van der Waals surface area contributed by atoms with Crippen molar-refractivity contribution in [1.29, 1.82) is 0 Å². The lowest BCUT2D eigenvalue weighted by Gasteiger charge is -2.17. The Morgan fingerprint density at radius 3 is 1.59 bits per heavy atom. The van der Waals surface area contributed by atoms with Crippen LogP contribution in [0.1, 0.15) is 79.6 Å². The largest absolute Gasteiger partial charge is 0.489 e. The number of carbonyl (C=O) groups is 3. The van der Waals surface area contributed by atoms with Gasteiger partial charge in [0.25, 0.3) is 11.8 Å². The molecule has 0 unspecified atom stereocenters. The Morgan fingerprint density at radius 2 is 1.07 bits per heavy atom. The van der Waals surface area contributed by atoms with Crippen molar-refractivity contribution < 1.29 is 42.2 Å². The molecule has 0 spiro atoms. The van der Waals surface area contributed by atoms with Crippen molar-refractivity contribution in [2.75, 3.05) is 23.8 Å². The van der Waals surface area contributed by atoms with Gasteiger partial charge in [-0.2, -0.15) is 25.9 Å². The van der Waals surface area contributed by atoms with Crippen LogP contribution in [0, 0.1) is 37.8 Å². The van der Waals surface area contributed by atoms with E-state index in [1.807, 2.05) is 205 Å². The molecule has 19 aromatic rings. The van der Waals surface area contributed by atoms with Crippen molar-refractivity contribution in [3.63, 3.8) is 0 Å². The molecular formula is C92H81F2N25O7S4. The summed E-state index contributed by atoms with van der Waals surface area (Å²) in [4.78, 5) is 93.7. The Labute approximate surface area is 757 Å². The minimum Gasteiger partial charge on any atom is -0.489 e. The number of fused-ring (bicyclic) bond motifs is 2. The minimum atomic E-state index is -0.957. The predicted molar refractivity (Wildman–Crippen MR) is 494 cm³/mol. The molecule has 15 aromatic heterocycles. The third-order valence-electron chi connectivity index (χ3n) is 19.5. The smallest absolute Gasteiger partial charge is 0.262 e. The summed E-state index contributed by atoms with van der Waals surface area (Å²) in [5.74, 6) is 2.30. The summed E-state index contributed by atoms with van der Waals surface area (Å²) in [7, 11) is 1.92. The van der Waals surface area contributed by atoms with E-state index in [1.54, 1.807) is 76.4 Å². The minimum absolute atomic E-state index is 0.0833. The van der Waals surface area contributed by atoms with E-state index in [-0.39, 0.29) is 17.6 Å². The molecule has 0 saturated heterocycles. The highest BCUT2D eigenvalue weighted by Crippen LogP contribution is 2.46. The van der Waals surface area contributed by atoms with Gasteiger partial charge in [-0.15, -0.1) is 55.5 Å². The zero-order valence-electron chi connectivity index (χ0n) is 71.2. The quantitative estimate of drug-likeness (QED) is 0.0289. The van der Waals surface area contributed by atoms with Crippen LogP contribution in [-0.4, -0.2) is 140 Å². The lowest BCUT2D eigenvalue weighted by Crippen LogP contribution is -2.36. The van der Waals surface area contributed by atoms with E-state index < -0.39 is 28.5 Å². The first-order valence-electron chi connectivity index (χ1n) is 40.6. The van der Waals surface area contributed by atoms with E-state index in [4.69, 9.17) is 34.1 Å². The number of hydrogen-bond acceptors (Lipinski definition) is 27. The second-order valence-electron chi connectivity index (χ2n) is 29.8. The average Bonchev–Trinajstić information content (AvgIpc) is 1.61. The third kappa shape index (κ3) is 20.5. The topological polar surface area (TPSA) is 392 Å². The van der Waals surface area contributed by atoms with Crippen LogP contribution in [0.4, 0.5) is 20.4 Å². The number of carbonyl (C=O) groups excluding carboxylic acids is 3. The molecule has 0 aliphatic carbocycles. The second-order valence-corrected chi connectivity index (χ2v) is 33.8. The van der Waals surface area contributed by atoms with Crippen LogP contribution >= 0.6 is 45.3 Å². The van der Waals surface area contributed by atoms with Gasteiger partial charge in [-0.05, 0) is 95.1 Å². The molecule has 19 rings (SSSR count). The molecule has 6 N–H and O–H groups in total. The number of H-pyrrole nitrogens is 3. The van der Waals surface area contributed by atoms with Gasteiger partial charge in [-0.25, -0.2) is 62.7 Å². The van der Waals surface area contributed by atoms with Gasteiger partial charge in [-0.3, -0.25) is 29.6 Å². The number of nitrogens with zero attached hydrogens (tertiary/aromatic N) is 19. The van der Waals surface area contributed by atoms with Crippen LogP contribution in [0.25, 0.3) is 119 Å². The van der Waals surface area contributed by atoms with E-state index in [1.165, 1.54) is 47.6 Å². The highest BCUT2D eigenvalue weighted by Gasteiger charge is 2.29. The molecule has 0 aliphatic heterocycles. The number of benzene rings is 4. The molecule has 3 amide bonds. The number of rotatable bonds is 25. The van der Waals surface area contributed by atoms with Crippen molar-refractivity contribution in [2.24, 2.45) is 12.5 Å². The van der Waals surface area contributed by atoms with Gasteiger partial charge in [-0.1, -0.05) is 124 Å². The monoisotopic (exact) mass is 1810 g/mol. The fraction of sp³-hybridized carbons (Fsp3) is 0.163. The van der Waals surface area contributed by atoms with Gasteiger partial charge in [0.2, 0.25) is 17.7 Å². The summed E-state index contributed by atoms with van der Waals surface area (Å²) >= 11 is 5.89. The molecule has 15 heterocycles. The van der Waals surface area contributed by atoms with Gasteiger partial charge >= 0.3 is 0 Å². The van der Waals surface area contributed by atoms with Crippen molar-refractivity contribution in [2.45, 2.75) is 74.8 Å². The summed E-state index contributed by atoms with van der Waals surface area (Å²) in [5.41, 5.74) is 15.1. The molecule has 0 radical (unpaired) electrons. The van der Waals surface area contributed by atoms with Crippen LogP contribution in [0.3, 0.4) is 0 Å². The molecule has 0 bridgehead atoms. The zero-order chi connectivity index (χ0) is 90.4. The molecule has 32 nitrogen and oxygen atoms in total. The van der Waals surface area contributed by atoms with Gasteiger partial charge in [0, 0.05) is 114 Å². The Hall–Kier alpha value is -15.7. The van der Waals surface area contributed by atoms with Crippen molar-refractivity contribution in [1.82, 2.24) is 115 Å². The standard InChI is InChI=1S/C27H22N6OS.C25H25N7O2S.C21H20N6O2S.C19H14F2N6O2S/c1-17-8-9-19(15-30-17)16-34-21-10-13-33-22(14-21)23(18(2)32-33)27-31-24(20-6-4-3-5-7-20)25(35-27)26-28-11-12-29-26;1-15-19(18-13-17(11-12-32(18)29-15)34-30-24(33)25(2,3)4)23-27-20(16-9-7-6-8-10-16)21(35-23)22-28-26-14-31(22)5;1-2-29-20-18(19-23-13-24-27-19)30-21(26-20)15-10-11-22-16(12-15)25-17(28)9-8-14-6-4-3-5-7-14;1-2-29-18-15(16-23-9-24-27-16)30-19(26-18)10-6-7-22-13(8-10)25-17(28)14-11(20)4-3-5-12(14)21/h3-15H,16H2,1-2H3,(H,28,29);6-14H,1-5H3,(H,30,33);3-7,10-13H,2,8-9H2,1H3,(H,22,25,28)(H,23,24,27);3-9H,2H2,1H3,(H,22,25,28)(H,23,24,27). The molecule has 0 fully saturated rings. The highest BCUT2D eigenvalue weighted by molar-refractivity contribution is 7.20. The first-order valence-corrected chi connectivity index (χ1v) is 43.9. The molecular weight excluding hydrogens is 1730 g/mol. The van der Waals surface area contributed by atoms with Gasteiger partial charge in [0.15, 0.2) is 23.2 Å². The molecule has 654 valence electrons. The van der Waals surface area contributed by atoms with E-state index in [0.717, 1.165) is 138 Å². The molecule has 130 heavy (non-hydrogen) atoms. The van der Waals surface area contributed by atoms with Crippen LogP contribution < -0.4 is 35.2 Å². The van der Waals surface area contributed by atoms with E-state index in [0.29, 0.717) is 83.1 Å². The van der Waals surface area contributed by atoms with Gasteiger partial charge < -0.3 is 39.2 Å². The fourth-order valence-corrected chi connectivity index (χ4v) is 17.4. The van der Waals surface area contributed by atoms with Crippen molar-refractivity contribution >= 4 is 85.7 Å². The maximum absolute atomic E-state index is 13.8. The van der Waals surface area contributed by atoms with E-state index in [2.05, 4.69) is 109 Å². The number of amides is 3. The number of nitrogens with one attached hydrogen (secondary N) is 6. The normalized spacial score (nSPS) is 11.1. The third-order valence-corrected chi connectivity index (χ3v) is 23.8. The number of hydrogen-bond donors (Lipinski definition) is 6. The second kappa shape index (κ2) is 39.9. The number of aromatic amines is 3. The molecule has 4 aromatic carbocycles. The van der Waals surface area contributed by atoms with E-state index >= 15 is 0 Å². The van der Waals surface area contributed by atoms with Crippen LogP contribution in [0.5, 0.6) is 23.3 Å². The number of thiazole rings is 4. The SMILES string of the molecule is CCOc1nc(-c2ccnc(NC(=O)CCc3ccccc3)c2)sc1-c1ncn[nH]1.CCOc1nc(-c2ccnc(NC(=O)c3c(F)cccc3F)c2)sc1-c1ncn[nH]1.Cc1ccc(COc2ccn3nc(C)c(-c4nc(-c5ccccc5)c(-c5ncc[nH]5)s4)c3c2)cn1.Cc1nn2ccc(ONC(=O)C(C)(C)C)cc2c1-c1nc(-c2ccccc2)c(-c2nncn2C)s1. The summed E-state index contributed by atoms with van der Waals surface area (Å²) in [5, 5.41) is 39.4. The highest BCUT2D eigenvalue weighted by atomic mass is 32.1. The number of hydroxylamine groups is 1. The maximum atomic E-state index is 13.8. The first kappa shape index (κ1) is 87.8. The first-order chi connectivity index (χ1) is 63.2. The number of anilines is 2. The van der Waals surface area contributed by atoms with Crippen molar-refractivity contribution in [3.8, 4) is 131 Å². The van der Waals surface area contributed by atoms with Gasteiger partial charge in [0.05, 0.1) is 63.0 Å². The molecule has 38 heteroatoms. The Morgan fingerprint density at radius 1 is 0.523 bits per heavy atom. The molecule has 0 atom stereocenters. The number of imidazole rings is 1. The molecule has 0 saturated carbocycles. The lowest BCUT2D eigenvalue weighted by molar-refractivity contribution is -0.135. The Bertz CT molecular complexity index is 7100. The summed E-state index contributed by atoms with van der Waals surface area (Å²) in [6, 6.07) is 51.8. The number of pyridine rings is 5. The zero-order valence-corrected chi connectivity index (χ0v) is 74.5. The molecule has 0 aliphatic rings.